The molecule has 2 amide bonds. The fraction of sp³-hybridized carbons (Fsp3) is 0.467. The Hall–Kier alpha value is -2.08. The quantitative estimate of drug-likeness (QED) is 0.815. The second-order valence-corrected chi connectivity index (χ2v) is 5.00. The summed E-state index contributed by atoms with van der Waals surface area (Å²) in [6, 6.07) is 6.93. The molecule has 1 atom stereocenters. The van der Waals surface area contributed by atoms with Crippen molar-refractivity contribution in [2.24, 2.45) is 5.73 Å². The van der Waals surface area contributed by atoms with Gasteiger partial charge in [-0.05, 0) is 30.5 Å². The molecule has 0 spiro atoms. The fourth-order valence-corrected chi connectivity index (χ4v) is 2.45. The molecule has 2 rings (SSSR count). The number of benzene rings is 1. The van der Waals surface area contributed by atoms with E-state index < -0.39 is 0 Å². The highest BCUT2D eigenvalue weighted by Crippen LogP contribution is 2.18. The summed E-state index contributed by atoms with van der Waals surface area (Å²) in [6.45, 7) is 1.02. The first-order valence-corrected chi connectivity index (χ1v) is 7.08. The number of likely N-dealkylation sites (N-methyl/N-ethyl adjacent to an activating group) is 1. The maximum absolute atomic E-state index is 12.2. The number of nitrogens with zero attached hydrogens (tertiary/aromatic N) is 1. The van der Waals surface area contributed by atoms with Gasteiger partial charge in [-0.2, -0.15) is 0 Å². The minimum Gasteiger partial charge on any atom is -0.484 e. The third kappa shape index (κ3) is 3.72. The molecule has 6 heteroatoms. The van der Waals surface area contributed by atoms with Crippen LogP contribution in [0.1, 0.15) is 18.4 Å². The van der Waals surface area contributed by atoms with Gasteiger partial charge in [-0.1, -0.05) is 12.1 Å². The number of nitrogens with two attached hydrogens (primary N) is 1. The van der Waals surface area contributed by atoms with Crippen LogP contribution in [0.2, 0.25) is 0 Å². The van der Waals surface area contributed by atoms with Crippen molar-refractivity contribution in [1.82, 2.24) is 10.2 Å². The molecular formula is C15H21N3O3. The molecule has 3 N–H and O–H groups in total. The summed E-state index contributed by atoms with van der Waals surface area (Å²) >= 11 is 0. The SMILES string of the molecule is CNC(=O)C1CCCN1C(=O)COc1ccc(CN)cc1. The first-order valence-electron chi connectivity index (χ1n) is 7.08. The highest BCUT2D eigenvalue weighted by Gasteiger charge is 2.33. The highest BCUT2D eigenvalue weighted by molar-refractivity contribution is 5.88. The second kappa shape index (κ2) is 7.08. The fourth-order valence-electron chi connectivity index (χ4n) is 2.45. The third-order valence-corrected chi connectivity index (χ3v) is 3.64. The van der Waals surface area contributed by atoms with Crippen molar-refractivity contribution in [3.05, 3.63) is 29.8 Å². The van der Waals surface area contributed by atoms with E-state index in [1.54, 1.807) is 24.1 Å². The number of nitrogens with one attached hydrogen (secondary N) is 1. The van der Waals surface area contributed by atoms with Crippen molar-refractivity contribution in [2.45, 2.75) is 25.4 Å². The smallest absolute Gasteiger partial charge is 0.261 e. The zero-order valence-electron chi connectivity index (χ0n) is 12.2. The van der Waals surface area contributed by atoms with Crippen molar-refractivity contribution >= 4 is 11.8 Å². The first-order chi connectivity index (χ1) is 10.2. The van der Waals surface area contributed by atoms with Gasteiger partial charge >= 0.3 is 0 Å². The molecule has 1 unspecified atom stereocenters. The molecule has 1 aliphatic rings. The maximum Gasteiger partial charge on any atom is 0.261 e. The third-order valence-electron chi connectivity index (χ3n) is 3.64. The minimum absolute atomic E-state index is 0.0601. The molecule has 1 aromatic carbocycles. The average molecular weight is 291 g/mol. The van der Waals surface area contributed by atoms with Gasteiger partial charge in [0.1, 0.15) is 11.8 Å². The van der Waals surface area contributed by atoms with E-state index in [1.807, 2.05) is 12.1 Å². The summed E-state index contributed by atoms with van der Waals surface area (Å²) in [7, 11) is 1.58. The number of amides is 2. The molecule has 0 bridgehead atoms. The Labute approximate surface area is 124 Å². The molecule has 1 fully saturated rings. The van der Waals surface area contributed by atoms with Gasteiger partial charge in [-0.25, -0.2) is 0 Å². The number of ether oxygens (including phenoxy) is 1. The molecule has 6 nitrogen and oxygen atoms in total. The number of hydrogen-bond donors (Lipinski definition) is 2. The van der Waals surface area contributed by atoms with E-state index in [0.29, 0.717) is 25.3 Å². The van der Waals surface area contributed by atoms with Gasteiger partial charge in [0, 0.05) is 20.1 Å². The van der Waals surface area contributed by atoms with Crippen LogP contribution in [-0.2, 0) is 16.1 Å². The summed E-state index contributed by atoms with van der Waals surface area (Å²) in [5.41, 5.74) is 6.53. The highest BCUT2D eigenvalue weighted by atomic mass is 16.5. The minimum atomic E-state index is -0.370. The van der Waals surface area contributed by atoms with Gasteiger partial charge in [0.2, 0.25) is 5.91 Å². The molecule has 21 heavy (non-hydrogen) atoms. The van der Waals surface area contributed by atoms with Crippen LogP contribution in [0.4, 0.5) is 0 Å². The van der Waals surface area contributed by atoms with Gasteiger partial charge < -0.3 is 20.7 Å². The van der Waals surface area contributed by atoms with E-state index in [0.717, 1.165) is 12.0 Å². The number of hydrogen-bond acceptors (Lipinski definition) is 4. The monoisotopic (exact) mass is 291 g/mol. The molecule has 0 aromatic heterocycles. The van der Waals surface area contributed by atoms with E-state index in [9.17, 15) is 9.59 Å². The van der Waals surface area contributed by atoms with Crippen molar-refractivity contribution in [1.29, 1.82) is 0 Å². The van der Waals surface area contributed by atoms with Crippen LogP contribution in [0.15, 0.2) is 24.3 Å². The van der Waals surface area contributed by atoms with E-state index in [1.165, 1.54) is 0 Å². The van der Waals surface area contributed by atoms with Gasteiger partial charge in [-0.15, -0.1) is 0 Å². The maximum atomic E-state index is 12.2. The van der Waals surface area contributed by atoms with Crippen LogP contribution in [-0.4, -0.2) is 43.0 Å². The Morgan fingerprint density at radius 2 is 2.10 bits per heavy atom. The Bertz CT molecular complexity index is 501. The lowest BCUT2D eigenvalue weighted by molar-refractivity contribution is -0.139. The van der Waals surface area contributed by atoms with E-state index in [4.69, 9.17) is 10.5 Å². The molecule has 1 saturated heterocycles. The lowest BCUT2D eigenvalue weighted by Crippen LogP contribution is -2.46. The molecule has 0 saturated carbocycles. The molecule has 1 aromatic rings. The Morgan fingerprint density at radius 3 is 2.71 bits per heavy atom. The van der Waals surface area contributed by atoms with Crippen LogP contribution in [0.3, 0.4) is 0 Å². The zero-order valence-corrected chi connectivity index (χ0v) is 12.2. The summed E-state index contributed by atoms with van der Waals surface area (Å²) in [6.07, 6.45) is 1.55. The summed E-state index contributed by atoms with van der Waals surface area (Å²) in [5.74, 6) is 0.341. The van der Waals surface area contributed by atoms with Gasteiger partial charge in [0.25, 0.3) is 5.91 Å². The number of carbonyl (C=O) groups is 2. The average Bonchev–Trinajstić information content (AvgIpc) is 3.02. The number of likely N-dealkylation sites (tertiary alicyclic amines) is 1. The van der Waals surface area contributed by atoms with Crippen molar-refractivity contribution in [3.8, 4) is 5.75 Å². The summed E-state index contributed by atoms with van der Waals surface area (Å²) in [5, 5.41) is 2.59. The van der Waals surface area contributed by atoms with E-state index in [2.05, 4.69) is 5.32 Å². The molecule has 1 aliphatic heterocycles. The lowest BCUT2D eigenvalue weighted by atomic mass is 10.2. The summed E-state index contributed by atoms with van der Waals surface area (Å²) in [4.78, 5) is 25.5. The first kappa shape index (κ1) is 15.3. The van der Waals surface area contributed by atoms with E-state index in [-0.39, 0.29) is 24.5 Å². The second-order valence-electron chi connectivity index (χ2n) is 5.00. The van der Waals surface area contributed by atoms with Crippen molar-refractivity contribution < 1.29 is 14.3 Å². The topological polar surface area (TPSA) is 84.7 Å². The normalized spacial score (nSPS) is 17.6. The van der Waals surface area contributed by atoms with Crippen LogP contribution in [0, 0.1) is 0 Å². The van der Waals surface area contributed by atoms with Gasteiger partial charge in [-0.3, -0.25) is 9.59 Å². The molecule has 0 radical (unpaired) electrons. The predicted octanol–water partition coefficient (Wildman–Crippen LogP) is 0.261. The van der Waals surface area contributed by atoms with Crippen molar-refractivity contribution in [2.75, 3.05) is 20.2 Å². The molecule has 114 valence electrons. The predicted molar refractivity (Wildman–Crippen MR) is 78.6 cm³/mol. The largest absolute Gasteiger partial charge is 0.484 e. The van der Waals surface area contributed by atoms with Crippen molar-refractivity contribution in [3.63, 3.8) is 0 Å². The molecule has 1 heterocycles. The van der Waals surface area contributed by atoms with Gasteiger partial charge in [0.05, 0.1) is 0 Å². The van der Waals surface area contributed by atoms with Crippen LogP contribution >= 0.6 is 0 Å². The Kier molecular flexibility index (Phi) is 5.16. The lowest BCUT2D eigenvalue weighted by Gasteiger charge is -2.23. The van der Waals surface area contributed by atoms with Crippen LogP contribution < -0.4 is 15.8 Å². The van der Waals surface area contributed by atoms with E-state index >= 15 is 0 Å². The number of carbonyl (C=O) groups excluding carboxylic acids is 2. The van der Waals surface area contributed by atoms with Crippen LogP contribution in [0.5, 0.6) is 5.75 Å². The van der Waals surface area contributed by atoms with Crippen LogP contribution in [0.25, 0.3) is 0 Å². The Balaban J connectivity index is 1.90. The molecular weight excluding hydrogens is 270 g/mol. The molecule has 0 aliphatic carbocycles. The van der Waals surface area contributed by atoms with Gasteiger partial charge in [0.15, 0.2) is 6.61 Å². The Morgan fingerprint density at radius 1 is 1.38 bits per heavy atom. The summed E-state index contributed by atoms with van der Waals surface area (Å²) < 4.78 is 5.48. The number of rotatable bonds is 5. The standard InChI is InChI=1S/C15H21N3O3/c1-17-15(20)13-3-2-8-18(13)14(19)10-21-12-6-4-11(9-16)5-7-12/h4-7,13H,2-3,8-10,16H2,1H3,(H,17,20). The zero-order chi connectivity index (χ0) is 15.2.